The predicted molar refractivity (Wildman–Crippen MR) is 100.0 cm³/mol. The van der Waals surface area contributed by atoms with Crippen LogP contribution < -0.4 is 5.32 Å². The first-order valence-corrected chi connectivity index (χ1v) is 9.06. The van der Waals surface area contributed by atoms with Crippen LogP contribution in [-0.4, -0.2) is 13.1 Å². The van der Waals surface area contributed by atoms with Crippen LogP contribution in [0.15, 0.2) is 58.3 Å². The summed E-state index contributed by atoms with van der Waals surface area (Å²) in [6.45, 7) is 10.8. The fraction of sp³-hybridized carbons (Fsp3) is 0.400. The molecule has 0 heterocycles. The second-order valence-electron chi connectivity index (χ2n) is 5.21. The van der Waals surface area contributed by atoms with E-state index in [9.17, 15) is 0 Å². The molecule has 0 saturated carbocycles. The van der Waals surface area contributed by atoms with Gasteiger partial charge in [-0.1, -0.05) is 63.2 Å². The molecule has 0 amide bonds. The van der Waals surface area contributed by atoms with E-state index in [0.717, 1.165) is 13.1 Å². The van der Waals surface area contributed by atoms with Crippen molar-refractivity contribution in [2.45, 2.75) is 50.3 Å². The molecule has 0 radical (unpaired) electrons. The number of hydrogen-bond donors (Lipinski definition) is 1. The molecule has 0 unspecified atom stereocenters. The van der Waals surface area contributed by atoms with Gasteiger partial charge in [-0.25, -0.2) is 0 Å². The van der Waals surface area contributed by atoms with E-state index >= 15 is 0 Å². The van der Waals surface area contributed by atoms with Crippen molar-refractivity contribution in [2.24, 2.45) is 0 Å². The third kappa shape index (κ3) is 7.15. The maximum atomic E-state index is 3.11. The first kappa shape index (κ1) is 18.8. The van der Waals surface area contributed by atoms with Crippen LogP contribution in [0.2, 0.25) is 0 Å². The van der Waals surface area contributed by atoms with Gasteiger partial charge in [-0.3, -0.25) is 0 Å². The SMILES string of the molecule is CCCc1cc(Sc2ccccc2)ccc1C.CCNCC. The molecule has 2 rings (SSSR count). The first-order chi connectivity index (χ1) is 10.7. The molecule has 2 heteroatoms. The van der Waals surface area contributed by atoms with Crippen molar-refractivity contribution in [1.29, 1.82) is 0 Å². The van der Waals surface area contributed by atoms with Gasteiger partial charge in [0.05, 0.1) is 0 Å². The Labute approximate surface area is 140 Å². The van der Waals surface area contributed by atoms with E-state index in [4.69, 9.17) is 0 Å². The highest BCUT2D eigenvalue weighted by molar-refractivity contribution is 7.99. The van der Waals surface area contributed by atoms with Crippen LogP contribution >= 0.6 is 11.8 Å². The van der Waals surface area contributed by atoms with Crippen molar-refractivity contribution in [3.8, 4) is 0 Å². The summed E-state index contributed by atoms with van der Waals surface area (Å²) in [7, 11) is 0. The molecule has 0 aliphatic heterocycles. The lowest BCUT2D eigenvalue weighted by Gasteiger charge is -2.07. The lowest BCUT2D eigenvalue weighted by atomic mass is 10.0. The fourth-order valence-electron chi connectivity index (χ4n) is 2.12. The average molecular weight is 316 g/mol. The number of hydrogen-bond acceptors (Lipinski definition) is 2. The monoisotopic (exact) mass is 315 g/mol. The van der Waals surface area contributed by atoms with Gasteiger partial charge >= 0.3 is 0 Å². The molecule has 0 fully saturated rings. The minimum Gasteiger partial charge on any atom is -0.317 e. The molecule has 0 atom stereocenters. The molecular weight excluding hydrogens is 286 g/mol. The second kappa shape index (κ2) is 11.3. The van der Waals surface area contributed by atoms with Gasteiger partial charge in [-0.05, 0) is 61.8 Å². The van der Waals surface area contributed by atoms with E-state index in [1.807, 2.05) is 11.8 Å². The molecule has 2 aromatic rings. The Balaban J connectivity index is 0.000000422. The Bertz CT molecular complexity index is 520. The van der Waals surface area contributed by atoms with Gasteiger partial charge in [0, 0.05) is 9.79 Å². The van der Waals surface area contributed by atoms with Gasteiger partial charge in [0.2, 0.25) is 0 Å². The number of benzene rings is 2. The molecule has 22 heavy (non-hydrogen) atoms. The summed E-state index contributed by atoms with van der Waals surface area (Å²) in [5.41, 5.74) is 2.89. The summed E-state index contributed by atoms with van der Waals surface area (Å²) < 4.78 is 0. The van der Waals surface area contributed by atoms with E-state index in [2.05, 4.69) is 81.5 Å². The van der Waals surface area contributed by atoms with Crippen molar-refractivity contribution < 1.29 is 0 Å². The van der Waals surface area contributed by atoms with Crippen molar-refractivity contribution in [3.63, 3.8) is 0 Å². The van der Waals surface area contributed by atoms with Gasteiger partial charge in [0.25, 0.3) is 0 Å². The molecule has 0 aliphatic carbocycles. The highest BCUT2D eigenvalue weighted by Gasteiger charge is 2.01. The zero-order valence-electron chi connectivity index (χ0n) is 14.4. The van der Waals surface area contributed by atoms with Crippen molar-refractivity contribution >= 4 is 11.8 Å². The fourth-order valence-corrected chi connectivity index (χ4v) is 3.03. The Morgan fingerprint density at radius 2 is 1.55 bits per heavy atom. The van der Waals surface area contributed by atoms with Crippen molar-refractivity contribution in [3.05, 3.63) is 59.7 Å². The van der Waals surface area contributed by atoms with E-state index in [1.54, 1.807) is 0 Å². The summed E-state index contributed by atoms with van der Waals surface area (Å²) in [5.74, 6) is 0. The minimum absolute atomic E-state index is 1.09. The summed E-state index contributed by atoms with van der Waals surface area (Å²) in [5, 5.41) is 3.11. The zero-order chi connectivity index (χ0) is 16.2. The average Bonchev–Trinajstić information content (AvgIpc) is 2.53. The highest BCUT2D eigenvalue weighted by Crippen LogP contribution is 2.29. The molecule has 1 nitrogen and oxygen atoms in total. The van der Waals surface area contributed by atoms with Crippen molar-refractivity contribution in [1.82, 2.24) is 5.32 Å². The van der Waals surface area contributed by atoms with E-state index in [1.165, 1.54) is 33.8 Å². The van der Waals surface area contributed by atoms with Crippen molar-refractivity contribution in [2.75, 3.05) is 13.1 Å². The number of nitrogens with one attached hydrogen (secondary N) is 1. The topological polar surface area (TPSA) is 12.0 Å². The maximum absolute atomic E-state index is 3.11. The molecule has 120 valence electrons. The highest BCUT2D eigenvalue weighted by atomic mass is 32.2. The molecular formula is C20H29NS. The van der Waals surface area contributed by atoms with Gasteiger partial charge in [-0.15, -0.1) is 0 Å². The normalized spacial score (nSPS) is 10.0. The first-order valence-electron chi connectivity index (χ1n) is 8.24. The molecule has 0 spiro atoms. The van der Waals surface area contributed by atoms with E-state index in [-0.39, 0.29) is 0 Å². The smallest absolute Gasteiger partial charge is 0.0125 e. The standard InChI is InChI=1S/C16H18S.C4H11N/c1-3-7-14-12-16(11-10-13(14)2)17-15-8-5-4-6-9-15;1-3-5-4-2/h4-6,8-12H,3,7H2,1-2H3;5H,3-4H2,1-2H3. The summed E-state index contributed by atoms with van der Waals surface area (Å²) in [4.78, 5) is 2.64. The van der Waals surface area contributed by atoms with Gasteiger partial charge in [0.1, 0.15) is 0 Å². The lowest BCUT2D eigenvalue weighted by Crippen LogP contribution is -2.09. The van der Waals surface area contributed by atoms with Crippen LogP contribution in [0, 0.1) is 6.92 Å². The summed E-state index contributed by atoms with van der Waals surface area (Å²) in [6, 6.07) is 17.3. The van der Waals surface area contributed by atoms with Gasteiger partial charge in [-0.2, -0.15) is 0 Å². The lowest BCUT2D eigenvalue weighted by molar-refractivity contribution is 0.762. The zero-order valence-corrected chi connectivity index (χ0v) is 15.2. The summed E-state index contributed by atoms with van der Waals surface area (Å²) in [6.07, 6.45) is 2.38. The van der Waals surface area contributed by atoms with Gasteiger partial charge in [0.15, 0.2) is 0 Å². The second-order valence-corrected chi connectivity index (χ2v) is 6.36. The number of rotatable bonds is 6. The quantitative estimate of drug-likeness (QED) is 0.732. The van der Waals surface area contributed by atoms with Crippen LogP contribution in [0.25, 0.3) is 0 Å². The molecule has 0 bridgehead atoms. The Morgan fingerprint density at radius 3 is 2.09 bits per heavy atom. The minimum atomic E-state index is 1.09. The van der Waals surface area contributed by atoms with Gasteiger partial charge < -0.3 is 5.32 Å². The van der Waals surface area contributed by atoms with Crippen LogP contribution in [0.5, 0.6) is 0 Å². The molecule has 1 N–H and O–H groups in total. The molecule has 2 aromatic carbocycles. The molecule has 0 aromatic heterocycles. The Hall–Kier alpha value is -1.25. The largest absolute Gasteiger partial charge is 0.317 e. The predicted octanol–water partition coefficient (Wildman–Crippen LogP) is 5.71. The van der Waals surface area contributed by atoms with E-state index < -0.39 is 0 Å². The maximum Gasteiger partial charge on any atom is 0.0125 e. The van der Waals surface area contributed by atoms with Crippen LogP contribution in [0.1, 0.15) is 38.3 Å². The van der Waals surface area contributed by atoms with E-state index in [0.29, 0.717) is 0 Å². The summed E-state index contributed by atoms with van der Waals surface area (Å²) >= 11 is 1.84. The third-order valence-corrected chi connectivity index (χ3v) is 4.32. The van der Waals surface area contributed by atoms with Crippen LogP contribution in [0.4, 0.5) is 0 Å². The third-order valence-electron chi connectivity index (χ3n) is 3.32. The van der Waals surface area contributed by atoms with Crippen LogP contribution in [0.3, 0.4) is 0 Å². The van der Waals surface area contributed by atoms with Crippen LogP contribution in [-0.2, 0) is 6.42 Å². The molecule has 0 saturated heterocycles. The Morgan fingerprint density at radius 1 is 0.864 bits per heavy atom. The Kier molecular flexibility index (Phi) is 9.69. The number of aryl methyl sites for hydroxylation is 2. The molecule has 0 aliphatic rings.